The molecule has 6 heteroatoms. The van der Waals surface area contributed by atoms with Crippen molar-refractivity contribution in [3.63, 3.8) is 0 Å². The van der Waals surface area contributed by atoms with E-state index in [0.29, 0.717) is 12.8 Å². The van der Waals surface area contributed by atoms with Crippen LogP contribution >= 0.6 is 7.82 Å². The smallest absolute Gasteiger partial charge is 0.268 e. The van der Waals surface area contributed by atoms with Crippen molar-refractivity contribution >= 4 is 7.82 Å². The molecule has 0 rings (SSSR count). The number of phosphoric acid groups is 1. The van der Waals surface area contributed by atoms with Crippen molar-refractivity contribution < 1.29 is 24.2 Å². The molecule has 0 saturated carbocycles. The number of quaternary nitrogens is 1. The van der Waals surface area contributed by atoms with Crippen LogP contribution in [-0.2, 0) is 13.6 Å². The van der Waals surface area contributed by atoms with E-state index in [9.17, 15) is 9.46 Å². The summed E-state index contributed by atoms with van der Waals surface area (Å²) < 4.78 is 21.5. The summed E-state index contributed by atoms with van der Waals surface area (Å²) in [6.07, 6.45) is 2.21. The van der Waals surface area contributed by atoms with Gasteiger partial charge in [-0.2, -0.15) is 0 Å². The molecule has 0 saturated heterocycles. The van der Waals surface area contributed by atoms with Gasteiger partial charge >= 0.3 is 0 Å². The highest BCUT2D eigenvalue weighted by molar-refractivity contribution is 7.45. The van der Waals surface area contributed by atoms with Gasteiger partial charge in [-0.25, -0.2) is 0 Å². The van der Waals surface area contributed by atoms with Crippen LogP contribution in [-0.4, -0.2) is 19.3 Å². The van der Waals surface area contributed by atoms with Crippen molar-refractivity contribution in [3.8, 4) is 0 Å². The van der Waals surface area contributed by atoms with Gasteiger partial charge < -0.3 is 19.7 Å². The Labute approximate surface area is 112 Å². The normalized spacial score (nSPS) is 16.4. The van der Waals surface area contributed by atoms with Crippen LogP contribution in [0.5, 0.6) is 0 Å². The van der Waals surface area contributed by atoms with Gasteiger partial charge in [0.2, 0.25) is 0 Å². The molecule has 2 atom stereocenters. The van der Waals surface area contributed by atoms with Crippen LogP contribution in [0.25, 0.3) is 0 Å². The summed E-state index contributed by atoms with van der Waals surface area (Å²) in [6, 6.07) is 0. The zero-order valence-corrected chi connectivity index (χ0v) is 13.6. The van der Waals surface area contributed by atoms with Crippen LogP contribution in [0.15, 0.2) is 0 Å². The van der Waals surface area contributed by atoms with Gasteiger partial charge in [0.1, 0.15) is 0 Å². The second-order valence-corrected chi connectivity index (χ2v) is 5.37. The van der Waals surface area contributed by atoms with Crippen LogP contribution in [0.3, 0.4) is 0 Å². The highest BCUT2D eigenvalue weighted by atomic mass is 31.2. The standard InChI is InChI=1S/C11H25O4P.CH5N/c1-6-10(5)11(7-2,8-3)15-16(12,13)14-9-4;1-2/h10H,6-9H2,1-5H3,(H,12,13);2H2,1H3. The Kier molecular flexibility index (Phi) is 11.2. The topological polar surface area (TPSA) is 86.2 Å². The van der Waals surface area contributed by atoms with Crippen molar-refractivity contribution in [1.29, 1.82) is 0 Å². The Morgan fingerprint density at radius 2 is 1.67 bits per heavy atom. The molecule has 0 aromatic heterocycles. The summed E-state index contributed by atoms with van der Waals surface area (Å²) >= 11 is 0. The first kappa shape index (κ1) is 20.4. The van der Waals surface area contributed by atoms with Crippen LogP contribution in [0.2, 0.25) is 0 Å². The molecule has 0 aliphatic heterocycles. The number of hydrogen-bond acceptors (Lipinski definition) is 4. The van der Waals surface area contributed by atoms with Crippen molar-refractivity contribution in [2.45, 2.75) is 59.5 Å². The fraction of sp³-hybridized carbons (Fsp3) is 1.00. The predicted octanol–water partition coefficient (Wildman–Crippen LogP) is 1.97. The third kappa shape index (κ3) is 6.30. The molecule has 0 bridgehead atoms. The van der Waals surface area contributed by atoms with E-state index in [1.807, 2.05) is 27.7 Å². The maximum atomic E-state index is 11.6. The highest BCUT2D eigenvalue weighted by Crippen LogP contribution is 2.48. The van der Waals surface area contributed by atoms with E-state index in [2.05, 4.69) is 10.3 Å². The van der Waals surface area contributed by atoms with Crippen LogP contribution < -0.4 is 10.6 Å². The first-order valence-corrected chi connectivity index (χ1v) is 8.20. The lowest BCUT2D eigenvalue weighted by Gasteiger charge is -2.41. The average Bonchev–Trinajstić information content (AvgIpc) is 2.37. The molecule has 0 amide bonds. The number of rotatable bonds is 8. The average molecular weight is 283 g/mol. The summed E-state index contributed by atoms with van der Waals surface area (Å²) in [5, 5.41) is 0. The minimum atomic E-state index is -4.16. The van der Waals surface area contributed by atoms with Crippen molar-refractivity contribution in [1.82, 2.24) is 0 Å². The van der Waals surface area contributed by atoms with E-state index in [0.717, 1.165) is 6.42 Å². The summed E-state index contributed by atoms with van der Waals surface area (Å²) in [6.45, 7) is 9.69. The van der Waals surface area contributed by atoms with Gasteiger partial charge in [-0.05, 0) is 25.7 Å². The summed E-state index contributed by atoms with van der Waals surface area (Å²) in [4.78, 5) is 11.6. The zero-order chi connectivity index (χ0) is 14.8. The quantitative estimate of drug-likeness (QED) is 0.690. The lowest BCUT2D eigenvalue weighted by molar-refractivity contribution is -0.325. The third-order valence-corrected chi connectivity index (χ3v) is 4.45. The Balaban J connectivity index is 0. The molecule has 5 nitrogen and oxygen atoms in total. The molecule has 0 spiro atoms. The van der Waals surface area contributed by atoms with Gasteiger partial charge in [0.25, 0.3) is 7.82 Å². The van der Waals surface area contributed by atoms with E-state index in [4.69, 9.17) is 4.52 Å². The van der Waals surface area contributed by atoms with Crippen LogP contribution in [0.4, 0.5) is 0 Å². The summed E-state index contributed by atoms with van der Waals surface area (Å²) in [5.74, 6) is 0.185. The predicted molar refractivity (Wildman–Crippen MR) is 71.9 cm³/mol. The lowest BCUT2D eigenvalue weighted by Crippen LogP contribution is -2.40. The van der Waals surface area contributed by atoms with Gasteiger partial charge in [-0.3, -0.25) is 4.57 Å². The number of phosphoric ester groups is 1. The van der Waals surface area contributed by atoms with Crippen molar-refractivity contribution in [2.75, 3.05) is 13.7 Å². The monoisotopic (exact) mass is 283 g/mol. The Morgan fingerprint density at radius 1 is 1.22 bits per heavy atom. The Hall–Kier alpha value is 0.0700. The second-order valence-electron chi connectivity index (χ2n) is 4.04. The molecule has 18 heavy (non-hydrogen) atoms. The van der Waals surface area contributed by atoms with E-state index in [-0.39, 0.29) is 12.5 Å². The van der Waals surface area contributed by atoms with Crippen molar-refractivity contribution in [2.24, 2.45) is 5.92 Å². The molecular formula is C12H30NO4P. The molecule has 112 valence electrons. The fourth-order valence-electron chi connectivity index (χ4n) is 1.95. The van der Waals surface area contributed by atoms with Crippen LogP contribution in [0, 0.1) is 5.92 Å². The maximum Gasteiger partial charge on any atom is 0.268 e. The molecule has 0 radical (unpaired) electrons. The molecule has 0 aliphatic carbocycles. The molecule has 0 aromatic rings. The molecule has 0 fully saturated rings. The van der Waals surface area contributed by atoms with Gasteiger partial charge in [0, 0.05) is 0 Å². The Bertz CT molecular complexity index is 244. The lowest BCUT2D eigenvalue weighted by atomic mass is 9.82. The molecule has 3 N–H and O–H groups in total. The summed E-state index contributed by atoms with van der Waals surface area (Å²) in [5.41, 5.74) is 2.63. The first-order valence-electron chi connectivity index (χ1n) is 6.74. The minimum Gasteiger partial charge on any atom is -0.756 e. The summed E-state index contributed by atoms with van der Waals surface area (Å²) in [7, 11) is -2.41. The number of hydrogen-bond donors (Lipinski definition) is 1. The van der Waals surface area contributed by atoms with Gasteiger partial charge in [0.15, 0.2) is 0 Å². The molecular weight excluding hydrogens is 253 g/mol. The minimum absolute atomic E-state index is 0.116. The van der Waals surface area contributed by atoms with Crippen molar-refractivity contribution in [3.05, 3.63) is 0 Å². The largest absolute Gasteiger partial charge is 0.756 e. The SMILES string of the molecule is CCOP(=O)([O-])OC(CC)(CC)C(C)CC.C[NH3+]. The molecule has 0 heterocycles. The van der Waals surface area contributed by atoms with Crippen LogP contribution in [0.1, 0.15) is 53.9 Å². The van der Waals surface area contributed by atoms with Gasteiger partial charge in [0.05, 0.1) is 19.3 Å². The Morgan fingerprint density at radius 3 is 1.94 bits per heavy atom. The van der Waals surface area contributed by atoms with E-state index >= 15 is 0 Å². The maximum absolute atomic E-state index is 11.6. The zero-order valence-electron chi connectivity index (χ0n) is 12.7. The first-order chi connectivity index (χ1) is 8.37. The van der Waals surface area contributed by atoms with E-state index < -0.39 is 13.4 Å². The molecule has 0 aliphatic rings. The third-order valence-electron chi connectivity index (χ3n) is 3.29. The van der Waals surface area contributed by atoms with E-state index in [1.54, 1.807) is 14.0 Å². The van der Waals surface area contributed by atoms with E-state index in [1.165, 1.54) is 0 Å². The molecule has 0 aromatic carbocycles. The van der Waals surface area contributed by atoms with Gasteiger partial charge in [-0.1, -0.05) is 34.1 Å². The van der Waals surface area contributed by atoms with Gasteiger partial charge in [-0.15, -0.1) is 0 Å². The second kappa shape index (κ2) is 9.93. The fourth-order valence-corrected chi connectivity index (χ4v) is 3.20. The molecule has 2 unspecified atom stereocenters. The highest BCUT2D eigenvalue weighted by Gasteiger charge is 2.36.